The van der Waals surface area contributed by atoms with Crippen molar-refractivity contribution in [3.05, 3.63) is 28.3 Å². The molecule has 0 N–H and O–H groups in total. The maximum absolute atomic E-state index is 13.2. The molecule has 1 aromatic rings. The maximum Gasteiger partial charge on any atom is 0.343 e. The molecule has 88 valence electrons. The molecule has 0 amide bonds. The van der Waals surface area contributed by atoms with Gasteiger partial charge < -0.3 is 4.74 Å². The fourth-order valence-electron chi connectivity index (χ4n) is 1.09. The standard InChI is InChI=1S/C9H7ClF3NO2/c1-2-16-9(15)6-5(7(11)12)4(10)3-14-8(6)13/h3,7H,2H2,1H3. The minimum Gasteiger partial charge on any atom is -0.462 e. The second kappa shape index (κ2) is 5.16. The largest absolute Gasteiger partial charge is 0.462 e. The van der Waals surface area contributed by atoms with E-state index in [4.69, 9.17) is 11.6 Å². The molecular formula is C9H7ClF3NO2. The van der Waals surface area contributed by atoms with Crippen molar-refractivity contribution in [1.29, 1.82) is 0 Å². The Labute approximate surface area is 94.2 Å². The average Bonchev–Trinajstić information content (AvgIpc) is 2.20. The maximum atomic E-state index is 13.2. The molecule has 0 saturated heterocycles. The molecule has 0 fully saturated rings. The summed E-state index contributed by atoms with van der Waals surface area (Å²) in [6.45, 7) is 1.41. The number of carbonyl (C=O) groups is 1. The lowest BCUT2D eigenvalue weighted by Crippen LogP contribution is -2.13. The van der Waals surface area contributed by atoms with Crippen LogP contribution < -0.4 is 0 Å². The van der Waals surface area contributed by atoms with E-state index in [9.17, 15) is 18.0 Å². The quantitative estimate of drug-likeness (QED) is 0.614. The number of nitrogens with zero attached hydrogens (tertiary/aromatic N) is 1. The van der Waals surface area contributed by atoms with Crippen LogP contribution in [0, 0.1) is 5.95 Å². The number of pyridine rings is 1. The van der Waals surface area contributed by atoms with E-state index in [1.54, 1.807) is 0 Å². The number of hydrogen-bond donors (Lipinski definition) is 0. The van der Waals surface area contributed by atoms with E-state index in [0.717, 1.165) is 6.20 Å². The summed E-state index contributed by atoms with van der Waals surface area (Å²) in [5.41, 5.74) is -1.81. The Morgan fingerprint density at radius 2 is 2.25 bits per heavy atom. The third-order valence-corrected chi connectivity index (χ3v) is 2.02. The van der Waals surface area contributed by atoms with Gasteiger partial charge in [0.05, 0.1) is 17.2 Å². The third kappa shape index (κ3) is 2.44. The van der Waals surface area contributed by atoms with Crippen LogP contribution in [0.5, 0.6) is 0 Å². The average molecular weight is 254 g/mol. The molecule has 1 rings (SSSR count). The van der Waals surface area contributed by atoms with Crippen molar-refractivity contribution in [2.75, 3.05) is 6.61 Å². The number of aromatic nitrogens is 1. The van der Waals surface area contributed by atoms with E-state index < -0.39 is 34.5 Å². The van der Waals surface area contributed by atoms with Gasteiger partial charge in [0.2, 0.25) is 5.95 Å². The molecular weight excluding hydrogens is 247 g/mol. The van der Waals surface area contributed by atoms with Crippen LogP contribution in [0.15, 0.2) is 6.20 Å². The van der Waals surface area contributed by atoms with E-state index in [1.807, 2.05) is 0 Å². The zero-order valence-corrected chi connectivity index (χ0v) is 8.89. The van der Waals surface area contributed by atoms with Gasteiger partial charge in [-0.05, 0) is 6.92 Å². The van der Waals surface area contributed by atoms with Crippen LogP contribution in [0.3, 0.4) is 0 Å². The van der Waals surface area contributed by atoms with Gasteiger partial charge in [0, 0.05) is 6.20 Å². The first-order valence-corrected chi connectivity index (χ1v) is 4.66. The fourth-order valence-corrected chi connectivity index (χ4v) is 1.31. The van der Waals surface area contributed by atoms with E-state index in [-0.39, 0.29) is 6.61 Å². The van der Waals surface area contributed by atoms with E-state index >= 15 is 0 Å². The third-order valence-electron chi connectivity index (χ3n) is 1.72. The summed E-state index contributed by atoms with van der Waals surface area (Å²) in [5, 5.41) is -0.473. The summed E-state index contributed by atoms with van der Waals surface area (Å²) in [4.78, 5) is 14.3. The number of ether oxygens (including phenoxy) is 1. The zero-order chi connectivity index (χ0) is 12.3. The van der Waals surface area contributed by atoms with Crippen molar-refractivity contribution in [1.82, 2.24) is 4.98 Å². The first-order valence-electron chi connectivity index (χ1n) is 4.28. The predicted molar refractivity (Wildman–Crippen MR) is 50.1 cm³/mol. The SMILES string of the molecule is CCOC(=O)c1c(F)ncc(Cl)c1C(F)F. The summed E-state index contributed by atoms with van der Waals surface area (Å²) in [6.07, 6.45) is -2.36. The first kappa shape index (κ1) is 12.8. The number of alkyl halides is 2. The summed E-state index contributed by atoms with van der Waals surface area (Å²) in [5.74, 6) is -2.52. The number of esters is 1. The van der Waals surface area contributed by atoms with Crippen molar-refractivity contribution < 1.29 is 22.7 Å². The molecule has 3 nitrogen and oxygen atoms in total. The van der Waals surface area contributed by atoms with E-state index in [2.05, 4.69) is 9.72 Å². The topological polar surface area (TPSA) is 39.2 Å². The number of halogens is 4. The van der Waals surface area contributed by atoms with Crippen LogP contribution in [0.25, 0.3) is 0 Å². The molecule has 0 aliphatic carbocycles. The van der Waals surface area contributed by atoms with Crippen LogP contribution >= 0.6 is 11.6 Å². The van der Waals surface area contributed by atoms with Crippen molar-refractivity contribution >= 4 is 17.6 Å². The lowest BCUT2D eigenvalue weighted by molar-refractivity contribution is 0.0508. The molecule has 0 spiro atoms. The minimum absolute atomic E-state index is 0.0620. The molecule has 0 saturated carbocycles. The fraction of sp³-hybridized carbons (Fsp3) is 0.333. The summed E-state index contributed by atoms with van der Waals surface area (Å²) in [7, 11) is 0. The second-order valence-corrected chi connectivity index (χ2v) is 3.11. The highest BCUT2D eigenvalue weighted by molar-refractivity contribution is 6.31. The Kier molecular flexibility index (Phi) is 4.12. The van der Waals surface area contributed by atoms with Crippen LogP contribution in [0.4, 0.5) is 13.2 Å². The summed E-state index contributed by atoms with van der Waals surface area (Å²) < 4.78 is 42.8. The van der Waals surface area contributed by atoms with Crippen LogP contribution in [0.1, 0.15) is 29.3 Å². The molecule has 1 heterocycles. The van der Waals surface area contributed by atoms with Gasteiger partial charge in [0.1, 0.15) is 5.56 Å². The summed E-state index contributed by atoms with van der Waals surface area (Å²) >= 11 is 5.42. The van der Waals surface area contributed by atoms with Crippen LogP contribution in [-0.4, -0.2) is 17.6 Å². The molecule has 7 heteroatoms. The smallest absolute Gasteiger partial charge is 0.343 e. The highest BCUT2D eigenvalue weighted by Crippen LogP contribution is 2.31. The van der Waals surface area contributed by atoms with Gasteiger partial charge in [-0.3, -0.25) is 0 Å². The molecule has 1 aromatic heterocycles. The molecule has 0 unspecified atom stereocenters. The van der Waals surface area contributed by atoms with Gasteiger partial charge in [-0.15, -0.1) is 0 Å². The Balaban J connectivity index is 3.34. The van der Waals surface area contributed by atoms with Gasteiger partial charge in [-0.2, -0.15) is 4.39 Å². The first-order chi connectivity index (χ1) is 7.49. The second-order valence-electron chi connectivity index (χ2n) is 2.71. The van der Waals surface area contributed by atoms with Crippen LogP contribution in [-0.2, 0) is 4.74 Å². The molecule has 0 aliphatic rings. The number of rotatable bonds is 3. The predicted octanol–water partition coefficient (Wildman–Crippen LogP) is 2.99. The number of carbonyl (C=O) groups excluding carboxylic acids is 1. The zero-order valence-electron chi connectivity index (χ0n) is 8.14. The Bertz CT molecular complexity index is 412. The summed E-state index contributed by atoms with van der Waals surface area (Å²) in [6, 6.07) is 0. The van der Waals surface area contributed by atoms with Gasteiger partial charge in [0.15, 0.2) is 0 Å². The van der Waals surface area contributed by atoms with Crippen molar-refractivity contribution in [2.45, 2.75) is 13.3 Å². The molecule has 0 radical (unpaired) electrons. The van der Waals surface area contributed by atoms with Crippen molar-refractivity contribution in [2.24, 2.45) is 0 Å². The van der Waals surface area contributed by atoms with Crippen molar-refractivity contribution in [3.63, 3.8) is 0 Å². The molecule has 0 atom stereocenters. The highest BCUT2D eigenvalue weighted by atomic mass is 35.5. The van der Waals surface area contributed by atoms with Gasteiger partial charge in [0.25, 0.3) is 6.43 Å². The molecule has 0 bridgehead atoms. The van der Waals surface area contributed by atoms with E-state index in [1.165, 1.54) is 6.92 Å². The Hall–Kier alpha value is -1.30. The highest BCUT2D eigenvalue weighted by Gasteiger charge is 2.27. The van der Waals surface area contributed by atoms with E-state index in [0.29, 0.717) is 0 Å². The number of hydrogen-bond acceptors (Lipinski definition) is 3. The normalized spacial score (nSPS) is 10.6. The molecule has 0 aromatic carbocycles. The lowest BCUT2D eigenvalue weighted by atomic mass is 10.1. The Morgan fingerprint density at radius 3 is 2.75 bits per heavy atom. The van der Waals surface area contributed by atoms with Gasteiger partial charge in [-0.25, -0.2) is 18.6 Å². The lowest BCUT2D eigenvalue weighted by Gasteiger charge is -2.09. The minimum atomic E-state index is -3.08. The van der Waals surface area contributed by atoms with Gasteiger partial charge >= 0.3 is 5.97 Å². The molecule has 16 heavy (non-hydrogen) atoms. The van der Waals surface area contributed by atoms with Gasteiger partial charge in [-0.1, -0.05) is 11.6 Å². The van der Waals surface area contributed by atoms with Crippen molar-refractivity contribution in [3.8, 4) is 0 Å². The van der Waals surface area contributed by atoms with Crippen LogP contribution in [0.2, 0.25) is 5.02 Å². The molecule has 0 aliphatic heterocycles. The Morgan fingerprint density at radius 1 is 1.62 bits per heavy atom. The monoisotopic (exact) mass is 253 g/mol.